The molecule has 0 aromatic heterocycles. The van der Waals surface area contributed by atoms with Crippen molar-refractivity contribution in [1.82, 2.24) is 5.32 Å². The number of ether oxygens (including phenoxy) is 2. The maximum absolute atomic E-state index is 5.60. The molecule has 0 heterocycles. The van der Waals surface area contributed by atoms with Gasteiger partial charge in [0.25, 0.3) is 0 Å². The summed E-state index contributed by atoms with van der Waals surface area (Å²) in [6.07, 6.45) is 7.89. The topological polar surface area (TPSA) is 30.5 Å². The minimum atomic E-state index is 0.383. The Balaban J connectivity index is 2.46. The van der Waals surface area contributed by atoms with Crippen molar-refractivity contribution in [3.05, 3.63) is 0 Å². The van der Waals surface area contributed by atoms with E-state index >= 15 is 0 Å². The first kappa shape index (κ1) is 13.9. The highest BCUT2D eigenvalue weighted by Gasteiger charge is 2.25. The van der Waals surface area contributed by atoms with Crippen LogP contribution in [0.5, 0.6) is 0 Å². The first-order valence-electron chi connectivity index (χ1n) is 6.59. The minimum Gasteiger partial charge on any atom is -0.383 e. The molecule has 3 nitrogen and oxygen atoms in total. The van der Waals surface area contributed by atoms with Crippen molar-refractivity contribution >= 4 is 0 Å². The molecule has 3 unspecified atom stereocenters. The van der Waals surface area contributed by atoms with Gasteiger partial charge in [-0.05, 0) is 19.3 Å². The summed E-state index contributed by atoms with van der Waals surface area (Å²) in [5.41, 5.74) is 0. The van der Waals surface area contributed by atoms with E-state index in [4.69, 9.17) is 9.47 Å². The van der Waals surface area contributed by atoms with Gasteiger partial charge >= 0.3 is 0 Å². The van der Waals surface area contributed by atoms with Gasteiger partial charge in [-0.3, -0.25) is 0 Å². The predicted octanol–water partition coefficient (Wildman–Crippen LogP) is 2.35. The van der Waals surface area contributed by atoms with E-state index in [-0.39, 0.29) is 0 Å². The van der Waals surface area contributed by atoms with Crippen LogP contribution in [0.3, 0.4) is 0 Å². The summed E-state index contributed by atoms with van der Waals surface area (Å²) in [6, 6.07) is 0.971. The second-order valence-electron chi connectivity index (χ2n) is 4.75. The minimum absolute atomic E-state index is 0.383. The molecule has 1 N–H and O–H groups in total. The summed E-state index contributed by atoms with van der Waals surface area (Å²) in [4.78, 5) is 0. The van der Waals surface area contributed by atoms with Crippen LogP contribution in [0, 0.1) is 0 Å². The highest BCUT2D eigenvalue weighted by molar-refractivity contribution is 4.83. The Hall–Kier alpha value is -0.120. The fourth-order valence-electron chi connectivity index (χ4n) is 2.53. The lowest BCUT2D eigenvalue weighted by molar-refractivity contribution is 0.0520. The zero-order valence-electron chi connectivity index (χ0n) is 11.0. The van der Waals surface area contributed by atoms with Gasteiger partial charge in [0, 0.05) is 26.3 Å². The summed E-state index contributed by atoms with van der Waals surface area (Å²) >= 11 is 0. The Labute approximate surface area is 99.9 Å². The van der Waals surface area contributed by atoms with Crippen molar-refractivity contribution in [1.29, 1.82) is 0 Å². The normalized spacial score (nSPS) is 28.7. The quantitative estimate of drug-likeness (QED) is 0.709. The van der Waals surface area contributed by atoms with Crippen LogP contribution in [-0.4, -0.2) is 39.0 Å². The molecular weight excluding hydrogens is 202 g/mol. The maximum Gasteiger partial charge on any atom is 0.0724 e. The van der Waals surface area contributed by atoms with Gasteiger partial charge in [0.1, 0.15) is 0 Å². The van der Waals surface area contributed by atoms with Crippen LogP contribution in [0.2, 0.25) is 0 Å². The summed E-state index contributed by atoms with van der Waals surface area (Å²) in [7, 11) is 3.60. The van der Waals surface area contributed by atoms with E-state index in [1.54, 1.807) is 7.11 Å². The standard InChI is InChI=1S/C13H27NO2/c1-4-11(10-15-2)14-12-8-6-5-7-9-13(12)16-3/h11-14H,4-10H2,1-3H3. The Kier molecular flexibility index (Phi) is 7.01. The lowest BCUT2D eigenvalue weighted by Crippen LogP contribution is -2.47. The molecule has 0 aromatic rings. The molecule has 96 valence electrons. The summed E-state index contributed by atoms with van der Waals surface area (Å²) < 4.78 is 10.8. The van der Waals surface area contributed by atoms with Crippen LogP contribution in [0.1, 0.15) is 45.4 Å². The molecule has 1 aliphatic carbocycles. The van der Waals surface area contributed by atoms with E-state index in [1.165, 1.54) is 32.1 Å². The van der Waals surface area contributed by atoms with E-state index in [9.17, 15) is 0 Å². The van der Waals surface area contributed by atoms with E-state index in [0.717, 1.165) is 13.0 Å². The molecule has 0 aromatic carbocycles. The lowest BCUT2D eigenvalue weighted by Gasteiger charge is -2.29. The van der Waals surface area contributed by atoms with Gasteiger partial charge in [-0.1, -0.05) is 26.2 Å². The molecule has 3 atom stereocenters. The van der Waals surface area contributed by atoms with Crippen molar-refractivity contribution in [2.45, 2.75) is 63.6 Å². The van der Waals surface area contributed by atoms with Gasteiger partial charge in [-0.15, -0.1) is 0 Å². The van der Waals surface area contributed by atoms with Crippen LogP contribution >= 0.6 is 0 Å². The van der Waals surface area contributed by atoms with Gasteiger partial charge in [0.05, 0.1) is 12.7 Å². The molecule has 0 saturated heterocycles. The SMILES string of the molecule is CCC(COC)NC1CCCCCC1OC. The number of rotatable bonds is 6. The Morgan fingerprint density at radius 2 is 1.94 bits per heavy atom. The number of hydrogen-bond acceptors (Lipinski definition) is 3. The maximum atomic E-state index is 5.60. The third-order valence-corrected chi connectivity index (χ3v) is 3.57. The molecule has 1 saturated carbocycles. The number of methoxy groups -OCH3 is 2. The zero-order chi connectivity index (χ0) is 11.8. The van der Waals surface area contributed by atoms with Crippen molar-refractivity contribution in [3.63, 3.8) is 0 Å². The molecule has 0 bridgehead atoms. The van der Waals surface area contributed by atoms with E-state index < -0.39 is 0 Å². The largest absolute Gasteiger partial charge is 0.383 e. The molecular formula is C13H27NO2. The van der Waals surface area contributed by atoms with Crippen LogP contribution in [0.25, 0.3) is 0 Å². The first-order valence-corrected chi connectivity index (χ1v) is 6.59. The van der Waals surface area contributed by atoms with Crippen molar-refractivity contribution in [2.24, 2.45) is 0 Å². The number of nitrogens with one attached hydrogen (secondary N) is 1. The van der Waals surface area contributed by atoms with E-state index in [2.05, 4.69) is 12.2 Å². The second-order valence-corrected chi connectivity index (χ2v) is 4.75. The van der Waals surface area contributed by atoms with Gasteiger partial charge in [0.2, 0.25) is 0 Å². The average Bonchev–Trinajstić information content (AvgIpc) is 2.53. The summed E-state index contributed by atoms with van der Waals surface area (Å²) in [5, 5.41) is 3.70. The summed E-state index contributed by atoms with van der Waals surface area (Å²) in [6.45, 7) is 3.00. The van der Waals surface area contributed by atoms with Gasteiger partial charge < -0.3 is 14.8 Å². The Morgan fingerprint density at radius 3 is 2.56 bits per heavy atom. The van der Waals surface area contributed by atoms with Crippen molar-refractivity contribution in [2.75, 3.05) is 20.8 Å². The monoisotopic (exact) mass is 229 g/mol. The fraction of sp³-hybridized carbons (Fsp3) is 1.00. The molecule has 3 heteroatoms. The van der Waals surface area contributed by atoms with Crippen LogP contribution in [0.15, 0.2) is 0 Å². The van der Waals surface area contributed by atoms with Crippen molar-refractivity contribution in [3.8, 4) is 0 Å². The first-order chi connectivity index (χ1) is 7.81. The molecule has 1 rings (SSSR count). The molecule has 0 aliphatic heterocycles. The molecule has 1 aliphatic rings. The van der Waals surface area contributed by atoms with Gasteiger partial charge in [0.15, 0.2) is 0 Å². The molecule has 0 amide bonds. The third kappa shape index (κ3) is 4.40. The van der Waals surface area contributed by atoms with Gasteiger partial charge in [-0.25, -0.2) is 0 Å². The fourth-order valence-corrected chi connectivity index (χ4v) is 2.53. The van der Waals surface area contributed by atoms with Crippen molar-refractivity contribution < 1.29 is 9.47 Å². The Morgan fingerprint density at radius 1 is 1.19 bits per heavy atom. The van der Waals surface area contributed by atoms with Crippen LogP contribution < -0.4 is 5.32 Å². The highest BCUT2D eigenvalue weighted by atomic mass is 16.5. The molecule has 0 spiro atoms. The molecule has 1 fully saturated rings. The van der Waals surface area contributed by atoms with Gasteiger partial charge in [-0.2, -0.15) is 0 Å². The Bertz CT molecular complexity index is 175. The number of hydrogen-bond donors (Lipinski definition) is 1. The molecule has 0 radical (unpaired) electrons. The van der Waals surface area contributed by atoms with E-state index in [0.29, 0.717) is 18.2 Å². The second kappa shape index (κ2) is 8.04. The smallest absolute Gasteiger partial charge is 0.0724 e. The van der Waals surface area contributed by atoms with Crippen LogP contribution in [0.4, 0.5) is 0 Å². The average molecular weight is 229 g/mol. The highest BCUT2D eigenvalue weighted by Crippen LogP contribution is 2.20. The third-order valence-electron chi connectivity index (χ3n) is 3.57. The molecule has 16 heavy (non-hydrogen) atoms. The lowest BCUT2D eigenvalue weighted by atomic mass is 10.0. The van der Waals surface area contributed by atoms with Crippen LogP contribution in [-0.2, 0) is 9.47 Å². The zero-order valence-corrected chi connectivity index (χ0v) is 11.0. The predicted molar refractivity (Wildman–Crippen MR) is 66.8 cm³/mol. The van der Waals surface area contributed by atoms with E-state index in [1.807, 2.05) is 7.11 Å². The summed E-state index contributed by atoms with van der Waals surface area (Å²) in [5.74, 6) is 0.